The molecule has 6 nitrogen and oxygen atoms in total. The van der Waals surface area contributed by atoms with Crippen molar-refractivity contribution in [3.8, 4) is 11.5 Å². The largest absolute Gasteiger partial charge is 0.478 e. The third-order valence-electron chi connectivity index (χ3n) is 6.27. The number of rotatable bonds is 8. The molecule has 2 aromatic carbocycles. The number of aromatic carboxylic acids is 1. The SMILES string of the molecule is Cc1cccc(COC2CCCCC(OCc3coc(-c4ccc(F)cc4)n3)CC2)c1C(=O)O. The molecule has 34 heavy (non-hydrogen) atoms. The molecule has 1 aromatic heterocycles. The second kappa shape index (κ2) is 11.4. The zero-order chi connectivity index (χ0) is 23.9. The Morgan fingerprint density at radius 1 is 1.03 bits per heavy atom. The number of carboxylic acids is 1. The molecule has 180 valence electrons. The summed E-state index contributed by atoms with van der Waals surface area (Å²) in [5.74, 6) is -0.772. The molecule has 4 rings (SSSR count). The van der Waals surface area contributed by atoms with E-state index in [1.807, 2.05) is 25.1 Å². The van der Waals surface area contributed by atoms with Crippen molar-refractivity contribution in [3.63, 3.8) is 0 Å². The second-order valence-corrected chi connectivity index (χ2v) is 8.79. The van der Waals surface area contributed by atoms with Crippen molar-refractivity contribution >= 4 is 5.97 Å². The molecule has 1 saturated carbocycles. The Morgan fingerprint density at radius 2 is 1.71 bits per heavy atom. The van der Waals surface area contributed by atoms with E-state index in [1.54, 1.807) is 18.4 Å². The van der Waals surface area contributed by atoms with Gasteiger partial charge in [0.05, 0.1) is 31.0 Å². The van der Waals surface area contributed by atoms with Gasteiger partial charge in [-0.1, -0.05) is 31.0 Å². The molecule has 1 aliphatic rings. The fourth-order valence-electron chi connectivity index (χ4n) is 4.40. The Hall–Kier alpha value is -3.03. The minimum Gasteiger partial charge on any atom is -0.478 e. The summed E-state index contributed by atoms with van der Waals surface area (Å²) >= 11 is 0. The van der Waals surface area contributed by atoms with E-state index < -0.39 is 5.97 Å². The summed E-state index contributed by atoms with van der Waals surface area (Å²) in [5, 5.41) is 9.53. The summed E-state index contributed by atoms with van der Waals surface area (Å²) in [6.07, 6.45) is 7.53. The van der Waals surface area contributed by atoms with Gasteiger partial charge in [0, 0.05) is 5.56 Å². The van der Waals surface area contributed by atoms with Gasteiger partial charge in [-0.15, -0.1) is 0 Å². The van der Waals surface area contributed by atoms with Crippen LogP contribution in [0.4, 0.5) is 4.39 Å². The van der Waals surface area contributed by atoms with Crippen LogP contribution in [0.25, 0.3) is 11.5 Å². The van der Waals surface area contributed by atoms with Gasteiger partial charge in [0.2, 0.25) is 5.89 Å². The molecule has 1 N–H and O–H groups in total. The summed E-state index contributed by atoms with van der Waals surface area (Å²) in [6, 6.07) is 11.5. The molecule has 2 atom stereocenters. The maximum Gasteiger partial charge on any atom is 0.336 e. The number of carboxylic acid groups (broad SMARTS) is 1. The van der Waals surface area contributed by atoms with Crippen molar-refractivity contribution in [2.45, 2.75) is 70.9 Å². The Bertz CT molecular complexity index is 1090. The van der Waals surface area contributed by atoms with Crippen LogP contribution in [0.15, 0.2) is 53.1 Å². The fraction of sp³-hybridized carbons (Fsp3) is 0.407. The Morgan fingerprint density at radius 3 is 2.38 bits per heavy atom. The molecule has 1 fully saturated rings. The highest BCUT2D eigenvalue weighted by atomic mass is 19.1. The molecule has 2 unspecified atom stereocenters. The average molecular weight is 468 g/mol. The number of oxazole rings is 1. The molecular formula is C27H30FNO5. The standard InChI is InChI=1S/C27H30FNO5/c1-18-5-4-6-20(25(18)27(30)31)15-32-23-7-2-3-8-24(14-13-23)33-16-22-17-34-26(29-22)19-9-11-21(28)12-10-19/h4-6,9-12,17,23-24H,2-3,7-8,13-16H2,1H3,(H,30,31). The molecule has 7 heteroatoms. The van der Waals surface area contributed by atoms with Crippen LogP contribution in [0.2, 0.25) is 0 Å². The Kier molecular flexibility index (Phi) is 8.08. The lowest BCUT2D eigenvalue weighted by Gasteiger charge is -2.25. The van der Waals surface area contributed by atoms with E-state index in [-0.39, 0.29) is 18.0 Å². The average Bonchev–Trinajstić information content (AvgIpc) is 3.27. The highest BCUT2D eigenvalue weighted by molar-refractivity contribution is 5.91. The quantitative estimate of drug-likeness (QED) is 0.418. The molecular weight excluding hydrogens is 437 g/mol. The second-order valence-electron chi connectivity index (χ2n) is 8.79. The van der Waals surface area contributed by atoms with Crippen molar-refractivity contribution in [3.05, 3.63) is 76.9 Å². The summed E-state index contributed by atoms with van der Waals surface area (Å²) in [5.41, 5.74) is 3.22. The molecule has 1 aliphatic carbocycles. The number of hydrogen-bond acceptors (Lipinski definition) is 5. The zero-order valence-corrected chi connectivity index (χ0v) is 19.3. The summed E-state index contributed by atoms with van der Waals surface area (Å²) in [7, 11) is 0. The monoisotopic (exact) mass is 467 g/mol. The molecule has 0 aliphatic heterocycles. The van der Waals surface area contributed by atoms with E-state index in [2.05, 4.69) is 4.98 Å². The number of aryl methyl sites for hydroxylation is 1. The minimum atomic E-state index is -0.918. The van der Waals surface area contributed by atoms with Crippen molar-refractivity contribution < 1.29 is 28.2 Å². The van der Waals surface area contributed by atoms with Gasteiger partial charge in [-0.25, -0.2) is 14.2 Å². The van der Waals surface area contributed by atoms with E-state index in [4.69, 9.17) is 13.9 Å². The van der Waals surface area contributed by atoms with Gasteiger partial charge >= 0.3 is 5.97 Å². The van der Waals surface area contributed by atoms with Gasteiger partial charge < -0.3 is 19.0 Å². The van der Waals surface area contributed by atoms with E-state index in [1.165, 1.54) is 12.1 Å². The van der Waals surface area contributed by atoms with Gasteiger partial charge in [-0.3, -0.25) is 0 Å². The maximum atomic E-state index is 13.1. The third kappa shape index (κ3) is 6.30. The Labute approximate surface area is 198 Å². The highest BCUT2D eigenvalue weighted by Crippen LogP contribution is 2.25. The Balaban J connectivity index is 1.28. The van der Waals surface area contributed by atoms with Crippen LogP contribution in [0.1, 0.15) is 65.7 Å². The summed E-state index contributed by atoms with van der Waals surface area (Å²) in [4.78, 5) is 16.1. The maximum absolute atomic E-state index is 13.1. The van der Waals surface area contributed by atoms with Crippen LogP contribution in [-0.2, 0) is 22.7 Å². The minimum absolute atomic E-state index is 0.0747. The molecule has 1 heterocycles. The lowest BCUT2D eigenvalue weighted by molar-refractivity contribution is -0.0170. The van der Waals surface area contributed by atoms with Crippen molar-refractivity contribution in [2.24, 2.45) is 0 Å². The van der Waals surface area contributed by atoms with E-state index >= 15 is 0 Å². The normalized spacial score (nSPS) is 18.9. The number of benzene rings is 2. The molecule has 0 amide bonds. The predicted octanol–water partition coefficient (Wildman–Crippen LogP) is 6.31. The topological polar surface area (TPSA) is 81.8 Å². The van der Waals surface area contributed by atoms with Gasteiger partial charge in [0.25, 0.3) is 0 Å². The lowest BCUT2D eigenvalue weighted by atomic mass is 9.96. The molecule has 0 saturated heterocycles. The van der Waals surface area contributed by atoms with Gasteiger partial charge in [-0.2, -0.15) is 0 Å². The van der Waals surface area contributed by atoms with Crippen LogP contribution in [0, 0.1) is 12.7 Å². The summed E-state index contributed by atoms with van der Waals surface area (Å²) < 4.78 is 30.9. The van der Waals surface area contributed by atoms with E-state index in [0.29, 0.717) is 35.9 Å². The predicted molar refractivity (Wildman–Crippen MR) is 125 cm³/mol. The first-order chi connectivity index (χ1) is 16.5. The number of aromatic nitrogens is 1. The van der Waals surface area contributed by atoms with Crippen molar-refractivity contribution in [1.29, 1.82) is 0 Å². The smallest absolute Gasteiger partial charge is 0.336 e. The first kappa shape index (κ1) is 24.1. The molecule has 0 bridgehead atoms. The van der Waals surface area contributed by atoms with Crippen LogP contribution in [0.5, 0.6) is 0 Å². The third-order valence-corrected chi connectivity index (χ3v) is 6.27. The van der Waals surface area contributed by atoms with Crippen LogP contribution >= 0.6 is 0 Å². The number of nitrogens with zero attached hydrogens (tertiary/aromatic N) is 1. The first-order valence-electron chi connectivity index (χ1n) is 11.7. The van der Waals surface area contributed by atoms with Crippen molar-refractivity contribution in [2.75, 3.05) is 0 Å². The van der Waals surface area contributed by atoms with Crippen LogP contribution < -0.4 is 0 Å². The number of ether oxygens (including phenoxy) is 2. The molecule has 0 spiro atoms. The zero-order valence-electron chi connectivity index (χ0n) is 19.3. The molecule has 3 aromatic rings. The van der Waals surface area contributed by atoms with E-state index in [0.717, 1.165) is 49.7 Å². The van der Waals surface area contributed by atoms with Gasteiger partial charge in [-0.05, 0) is 68.0 Å². The number of hydrogen-bond donors (Lipinski definition) is 1. The van der Waals surface area contributed by atoms with Crippen molar-refractivity contribution in [1.82, 2.24) is 4.98 Å². The van der Waals surface area contributed by atoms with Crippen LogP contribution in [0.3, 0.4) is 0 Å². The van der Waals surface area contributed by atoms with E-state index in [9.17, 15) is 14.3 Å². The molecule has 0 radical (unpaired) electrons. The van der Waals surface area contributed by atoms with Gasteiger partial charge in [0.15, 0.2) is 0 Å². The first-order valence-corrected chi connectivity index (χ1v) is 11.7. The summed E-state index contributed by atoms with van der Waals surface area (Å²) in [6.45, 7) is 2.46. The van der Waals surface area contributed by atoms with Gasteiger partial charge in [0.1, 0.15) is 17.8 Å². The van der Waals surface area contributed by atoms with Crippen LogP contribution in [-0.4, -0.2) is 28.3 Å². The number of carbonyl (C=O) groups is 1. The number of halogens is 1. The highest BCUT2D eigenvalue weighted by Gasteiger charge is 2.20. The lowest BCUT2D eigenvalue weighted by Crippen LogP contribution is -2.22. The fourth-order valence-corrected chi connectivity index (χ4v) is 4.40.